The Labute approximate surface area is 174 Å². The second-order valence-corrected chi connectivity index (χ2v) is 7.94. The number of nitrogens with two attached hydrogens (primary N) is 1. The van der Waals surface area contributed by atoms with Crippen LogP contribution in [0.3, 0.4) is 0 Å². The number of primary amides is 1. The van der Waals surface area contributed by atoms with Gasteiger partial charge in [0.1, 0.15) is 11.4 Å². The largest absolute Gasteiger partial charge is 0.365 e. The van der Waals surface area contributed by atoms with Gasteiger partial charge in [-0.3, -0.25) is 4.79 Å². The highest BCUT2D eigenvalue weighted by Gasteiger charge is 2.41. The van der Waals surface area contributed by atoms with Crippen molar-refractivity contribution < 1.29 is 4.79 Å². The van der Waals surface area contributed by atoms with E-state index in [-0.39, 0.29) is 5.56 Å². The van der Waals surface area contributed by atoms with Crippen LogP contribution in [0.5, 0.6) is 0 Å². The van der Waals surface area contributed by atoms with Gasteiger partial charge >= 0.3 is 0 Å². The fourth-order valence-electron chi connectivity index (χ4n) is 3.73. The molecule has 8 heteroatoms. The van der Waals surface area contributed by atoms with Gasteiger partial charge in [-0.25, -0.2) is 15.0 Å². The average Bonchev–Trinajstić information content (AvgIpc) is 3.67. The van der Waals surface area contributed by atoms with Crippen molar-refractivity contribution in [2.75, 3.05) is 10.6 Å². The van der Waals surface area contributed by atoms with Crippen LogP contribution in [0.25, 0.3) is 11.4 Å². The van der Waals surface area contributed by atoms with E-state index in [1.54, 1.807) is 18.5 Å². The highest BCUT2D eigenvalue weighted by Crippen LogP contribution is 2.45. The molecule has 1 amide bonds. The zero-order chi connectivity index (χ0) is 20.5. The Bertz CT molecular complexity index is 1050. The number of nitrogens with zero attached hydrogens (tertiary/aromatic N) is 4. The molecule has 2 aromatic heterocycles. The maximum atomic E-state index is 11.9. The van der Waals surface area contributed by atoms with Crippen molar-refractivity contribution in [3.8, 4) is 11.4 Å². The molecule has 5 rings (SSSR count). The molecule has 152 valence electrons. The first-order valence-corrected chi connectivity index (χ1v) is 10.3. The molecule has 0 atom stereocenters. The summed E-state index contributed by atoms with van der Waals surface area (Å²) in [4.78, 5) is 29.4. The number of benzene rings is 1. The molecule has 0 aliphatic heterocycles. The number of hydrogen-bond donors (Lipinski definition) is 3. The standard InChI is InChI=1S/C22H23N7O/c23-19(30)17-12-26-22(28-18(13-5-6-13)14-7-8-14)29-21(17)27-16-4-1-3-15(11-16)20-24-9-2-10-25-20/h1-4,9-14,18H,5-8H2,(H2,23,30)(H2,26,27,28,29). The zero-order valence-electron chi connectivity index (χ0n) is 16.5. The van der Waals surface area contributed by atoms with Gasteiger partial charge in [0, 0.05) is 35.9 Å². The molecular formula is C22H23N7O. The molecule has 0 saturated heterocycles. The number of rotatable bonds is 8. The molecule has 2 aliphatic rings. The van der Waals surface area contributed by atoms with Crippen LogP contribution in [0.15, 0.2) is 48.9 Å². The molecule has 4 N–H and O–H groups in total. The lowest BCUT2D eigenvalue weighted by atomic mass is 10.1. The Morgan fingerprint density at radius 2 is 1.77 bits per heavy atom. The Balaban J connectivity index is 1.42. The highest BCUT2D eigenvalue weighted by atomic mass is 16.1. The number of amides is 1. The van der Waals surface area contributed by atoms with E-state index in [0.717, 1.165) is 11.3 Å². The third-order valence-electron chi connectivity index (χ3n) is 5.56. The van der Waals surface area contributed by atoms with E-state index >= 15 is 0 Å². The lowest BCUT2D eigenvalue weighted by molar-refractivity contribution is 0.100. The van der Waals surface area contributed by atoms with Crippen molar-refractivity contribution in [3.63, 3.8) is 0 Å². The topological polar surface area (TPSA) is 119 Å². The van der Waals surface area contributed by atoms with Crippen molar-refractivity contribution in [3.05, 3.63) is 54.5 Å². The van der Waals surface area contributed by atoms with Crippen molar-refractivity contribution in [2.45, 2.75) is 31.7 Å². The first-order chi connectivity index (χ1) is 14.7. The molecular weight excluding hydrogens is 378 g/mol. The van der Waals surface area contributed by atoms with E-state index in [0.29, 0.717) is 35.5 Å². The van der Waals surface area contributed by atoms with E-state index in [2.05, 4.69) is 30.6 Å². The quantitative estimate of drug-likeness (QED) is 0.529. The maximum absolute atomic E-state index is 11.9. The van der Waals surface area contributed by atoms with Crippen molar-refractivity contribution in [1.29, 1.82) is 0 Å². The number of hydrogen-bond acceptors (Lipinski definition) is 7. The summed E-state index contributed by atoms with van der Waals surface area (Å²) in [6, 6.07) is 9.82. The number of carbonyl (C=O) groups is 1. The molecule has 2 heterocycles. The summed E-state index contributed by atoms with van der Waals surface area (Å²) in [6.45, 7) is 0. The molecule has 3 aromatic rings. The van der Waals surface area contributed by atoms with E-state index in [4.69, 9.17) is 5.73 Å². The van der Waals surface area contributed by atoms with Crippen LogP contribution in [-0.4, -0.2) is 31.9 Å². The molecule has 2 aliphatic carbocycles. The summed E-state index contributed by atoms with van der Waals surface area (Å²) in [6.07, 6.45) is 9.92. The first kappa shape index (κ1) is 18.5. The Hall–Kier alpha value is -3.55. The van der Waals surface area contributed by atoms with Crippen molar-refractivity contribution >= 4 is 23.4 Å². The summed E-state index contributed by atoms with van der Waals surface area (Å²) in [5, 5.41) is 6.72. The van der Waals surface area contributed by atoms with Gasteiger partial charge in [-0.1, -0.05) is 12.1 Å². The highest BCUT2D eigenvalue weighted by molar-refractivity contribution is 5.98. The number of nitrogens with one attached hydrogen (secondary N) is 2. The van der Waals surface area contributed by atoms with Gasteiger partial charge in [-0.15, -0.1) is 0 Å². The van der Waals surface area contributed by atoms with Crippen LogP contribution >= 0.6 is 0 Å². The van der Waals surface area contributed by atoms with Gasteiger partial charge in [-0.05, 0) is 55.7 Å². The van der Waals surface area contributed by atoms with Crippen LogP contribution in [0.4, 0.5) is 17.5 Å². The SMILES string of the molecule is NC(=O)c1cnc(NC(C2CC2)C2CC2)nc1Nc1cccc(-c2ncccn2)c1. The molecule has 2 saturated carbocycles. The molecule has 2 fully saturated rings. The monoisotopic (exact) mass is 401 g/mol. The van der Waals surface area contributed by atoms with Crippen LogP contribution in [0.2, 0.25) is 0 Å². The fourth-order valence-corrected chi connectivity index (χ4v) is 3.73. The first-order valence-electron chi connectivity index (χ1n) is 10.3. The third kappa shape index (κ3) is 4.07. The second-order valence-electron chi connectivity index (χ2n) is 7.94. The minimum atomic E-state index is -0.576. The Kier molecular flexibility index (Phi) is 4.74. The number of anilines is 3. The van der Waals surface area contributed by atoms with Gasteiger partial charge in [0.05, 0.1) is 0 Å². The van der Waals surface area contributed by atoms with E-state index in [1.165, 1.54) is 31.9 Å². The normalized spacial score (nSPS) is 15.8. The maximum Gasteiger partial charge on any atom is 0.254 e. The minimum Gasteiger partial charge on any atom is -0.365 e. The van der Waals surface area contributed by atoms with Crippen molar-refractivity contribution in [1.82, 2.24) is 19.9 Å². The summed E-state index contributed by atoms with van der Waals surface area (Å²) < 4.78 is 0. The lowest BCUT2D eigenvalue weighted by Crippen LogP contribution is -2.26. The van der Waals surface area contributed by atoms with Gasteiger partial charge in [0.25, 0.3) is 5.91 Å². The molecule has 0 unspecified atom stereocenters. The van der Waals surface area contributed by atoms with Gasteiger partial charge in [0.2, 0.25) is 5.95 Å². The molecule has 1 aromatic carbocycles. The van der Waals surface area contributed by atoms with E-state index < -0.39 is 5.91 Å². The lowest BCUT2D eigenvalue weighted by Gasteiger charge is -2.18. The Morgan fingerprint density at radius 3 is 2.43 bits per heavy atom. The van der Waals surface area contributed by atoms with E-state index in [1.807, 2.05) is 24.3 Å². The summed E-state index contributed by atoms with van der Waals surface area (Å²) >= 11 is 0. The average molecular weight is 401 g/mol. The molecule has 8 nitrogen and oxygen atoms in total. The minimum absolute atomic E-state index is 0.247. The smallest absolute Gasteiger partial charge is 0.254 e. The third-order valence-corrected chi connectivity index (χ3v) is 5.56. The van der Waals surface area contributed by atoms with Crippen LogP contribution in [0.1, 0.15) is 36.0 Å². The fraction of sp³-hybridized carbons (Fsp3) is 0.318. The van der Waals surface area contributed by atoms with Crippen LogP contribution in [0, 0.1) is 11.8 Å². The molecule has 30 heavy (non-hydrogen) atoms. The predicted molar refractivity (Wildman–Crippen MR) is 114 cm³/mol. The van der Waals surface area contributed by atoms with Crippen molar-refractivity contribution in [2.24, 2.45) is 17.6 Å². The Morgan fingerprint density at radius 1 is 1.03 bits per heavy atom. The van der Waals surface area contributed by atoms with Crippen LogP contribution < -0.4 is 16.4 Å². The van der Waals surface area contributed by atoms with E-state index in [9.17, 15) is 4.79 Å². The summed E-state index contributed by atoms with van der Waals surface area (Å²) in [5.74, 6) is 2.36. The summed E-state index contributed by atoms with van der Waals surface area (Å²) in [7, 11) is 0. The van der Waals surface area contributed by atoms with Gasteiger partial charge in [-0.2, -0.15) is 4.98 Å². The summed E-state index contributed by atoms with van der Waals surface area (Å²) in [5.41, 5.74) is 7.42. The van der Waals surface area contributed by atoms with Crippen LogP contribution in [-0.2, 0) is 0 Å². The second kappa shape index (κ2) is 7.70. The molecule has 0 bridgehead atoms. The number of carbonyl (C=O) groups excluding carboxylic acids is 1. The molecule has 0 spiro atoms. The van der Waals surface area contributed by atoms with Gasteiger partial charge in [0.15, 0.2) is 5.82 Å². The number of aromatic nitrogens is 4. The van der Waals surface area contributed by atoms with Gasteiger partial charge < -0.3 is 16.4 Å². The predicted octanol–water partition coefficient (Wildman–Crippen LogP) is 3.38. The molecule has 0 radical (unpaired) electrons. The zero-order valence-corrected chi connectivity index (χ0v) is 16.5.